The van der Waals surface area contributed by atoms with Crippen molar-refractivity contribution < 1.29 is 19.1 Å². The molecule has 1 N–H and O–H groups in total. The Morgan fingerprint density at radius 1 is 1.04 bits per heavy atom. The zero-order valence-corrected chi connectivity index (χ0v) is 14.0. The number of benzene rings is 2. The van der Waals surface area contributed by atoms with E-state index in [-0.39, 0.29) is 18.3 Å². The molecule has 24 heavy (non-hydrogen) atoms. The molecule has 0 bridgehead atoms. The number of esters is 1. The van der Waals surface area contributed by atoms with Gasteiger partial charge in [-0.2, -0.15) is 0 Å². The van der Waals surface area contributed by atoms with Crippen LogP contribution in [0, 0.1) is 6.92 Å². The highest BCUT2D eigenvalue weighted by Crippen LogP contribution is 2.22. The van der Waals surface area contributed by atoms with Crippen LogP contribution >= 0.6 is 0 Å². The molecule has 2 aromatic rings. The van der Waals surface area contributed by atoms with Gasteiger partial charge in [0.1, 0.15) is 5.75 Å². The summed E-state index contributed by atoms with van der Waals surface area (Å²) in [7, 11) is 2.91. The second-order valence-corrected chi connectivity index (χ2v) is 5.39. The molecule has 0 aromatic heterocycles. The number of nitrogens with one attached hydrogen (secondary N) is 1. The first-order valence-corrected chi connectivity index (χ1v) is 7.62. The van der Waals surface area contributed by atoms with E-state index in [9.17, 15) is 9.59 Å². The minimum absolute atomic E-state index is 0.0560. The lowest BCUT2D eigenvalue weighted by molar-refractivity contribution is -0.141. The van der Waals surface area contributed by atoms with E-state index in [1.165, 1.54) is 7.11 Å². The predicted molar refractivity (Wildman–Crippen MR) is 91.0 cm³/mol. The Balaban J connectivity index is 2.23. The van der Waals surface area contributed by atoms with Crippen molar-refractivity contribution in [3.8, 4) is 5.75 Å². The number of hydrogen-bond acceptors (Lipinski definition) is 4. The van der Waals surface area contributed by atoms with Gasteiger partial charge in [-0.1, -0.05) is 30.3 Å². The average molecular weight is 327 g/mol. The van der Waals surface area contributed by atoms with Crippen molar-refractivity contribution in [1.82, 2.24) is 5.32 Å². The van der Waals surface area contributed by atoms with Gasteiger partial charge < -0.3 is 14.8 Å². The lowest BCUT2D eigenvalue weighted by Gasteiger charge is -2.19. The van der Waals surface area contributed by atoms with Gasteiger partial charge in [-0.3, -0.25) is 9.59 Å². The molecule has 2 aromatic carbocycles. The van der Waals surface area contributed by atoms with Crippen molar-refractivity contribution in [2.75, 3.05) is 14.2 Å². The minimum Gasteiger partial charge on any atom is -0.497 e. The molecule has 1 amide bonds. The van der Waals surface area contributed by atoms with Crippen LogP contribution in [0.3, 0.4) is 0 Å². The normalized spacial score (nSPS) is 11.5. The first-order chi connectivity index (χ1) is 11.5. The molecule has 0 heterocycles. The number of methoxy groups -OCH3 is 2. The molecule has 0 radical (unpaired) electrons. The molecule has 5 nitrogen and oxygen atoms in total. The fraction of sp³-hybridized carbons (Fsp3) is 0.263. The molecular formula is C19H21NO4. The summed E-state index contributed by atoms with van der Waals surface area (Å²) in [6.45, 7) is 1.87. The molecule has 5 heteroatoms. The van der Waals surface area contributed by atoms with Crippen molar-refractivity contribution in [1.29, 1.82) is 0 Å². The highest BCUT2D eigenvalue weighted by Gasteiger charge is 2.20. The Labute approximate surface area is 141 Å². The van der Waals surface area contributed by atoms with Gasteiger partial charge in [0.15, 0.2) is 0 Å². The Hall–Kier alpha value is -2.82. The molecule has 0 saturated heterocycles. The summed E-state index contributed by atoms with van der Waals surface area (Å²) in [5.41, 5.74) is 2.27. The van der Waals surface area contributed by atoms with Crippen molar-refractivity contribution in [2.24, 2.45) is 0 Å². The summed E-state index contributed by atoms with van der Waals surface area (Å²) >= 11 is 0. The third-order valence-corrected chi connectivity index (χ3v) is 3.81. The van der Waals surface area contributed by atoms with Gasteiger partial charge in [-0.15, -0.1) is 0 Å². The topological polar surface area (TPSA) is 64.6 Å². The van der Waals surface area contributed by atoms with Gasteiger partial charge in [-0.05, 0) is 36.2 Å². The molecule has 0 fully saturated rings. The Bertz CT molecular complexity index is 710. The van der Waals surface area contributed by atoms with Crippen LogP contribution in [0.4, 0.5) is 0 Å². The molecule has 2 rings (SSSR count). The zero-order valence-electron chi connectivity index (χ0n) is 14.0. The maximum absolute atomic E-state index is 12.6. The molecule has 1 atom stereocenters. The summed E-state index contributed by atoms with van der Waals surface area (Å²) in [5.74, 6) is 0.0968. The fourth-order valence-corrected chi connectivity index (χ4v) is 2.40. The van der Waals surface area contributed by atoms with E-state index in [0.717, 1.165) is 11.1 Å². The van der Waals surface area contributed by atoms with E-state index in [2.05, 4.69) is 5.32 Å². The number of rotatable bonds is 6. The van der Waals surface area contributed by atoms with Crippen LogP contribution in [0.25, 0.3) is 0 Å². The van der Waals surface area contributed by atoms with Crippen molar-refractivity contribution in [3.05, 3.63) is 65.2 Å². The Morgan fingerprint density at radius 3 is 2.29 bits per heavy atom. The summed E-state index contributed by atoms with van der Waals surface area (Å²) in [4.78, 5) is 24.3. The Morgan fingerprint density at radius 2 is 1.71 bits per heavy atom. The van der Waals surface area contributed by atoms with E-state index in [4.69, 9.17) is 9.47 Å². The van der Waals surface area contributed by atoms with Gasteiger partial charge in [0, 0.05) is 5.56 Å². The van der Waals surface area contributed by atoms with Crippen molar-refractivity contribution in [2.45, 2.75) is 19.4 Å². The fourth-order valence-electron chi connectivity index (χ4n) is 2.40. The van der Waals surface area contributed by atoms with Gasteiger partial charge in [0.25, 0.3) is 5.91 Å². The maximum Gasteiger partial charge on any atom is 0.307 e. The van der Waals surface area contributed by atoms with Crippen LogP contribution in [0.1, 0.15) is 33.9 Å². The van der Waals surface area contributed by atoms with Gasteiger partial charge >= 0.3 is 5.97 Å². The molecule has 0 spiro atoms. The molecule has 0 aliphatic carbocycles. The smallest absolute Gasteiger partial charge is 0.307 e. The summed E-state index contributed by atoms with van der Waals surface area (Å²) in [6.07, 6.45) is 0.0560. The second-order valence-electron chi connectivity index (χ2n) is 5.39. The van der Waals surface area contributed by atoms with Crippen molar-refractivity contribution in [3.63, 3.8) is 0 Å². The number of hydrogen-bond donors (Lipinski definition) is 1. The molecule has 0 aliphatic rings. The highest BCUT2D eigenvalue weighted by molar-refractivity contribution is 5.96. The molecular weight excluding hydrogens is 306 g/mol. The van der Waals surface area contributed by atoms with Crippen LogP contribution in [0.2, 0.25) is 0 Å². The van der Waals surface area contributed by atoms with Crippen LogP contribution in [-0.2, 0) is 9.53 Å². The second kappa shape index (κ2) is 8.15. The standard InChI is InChI=1S/C19H21NO4/c1-13-6-4-5-7-16(13)19(22)20-17(12-18(21)24-3)14-8-10-15(23-2)11-9-14/h4-11,17H,12H2,1-3H3,(H,20,22). The third kappa shape index (κ3) is 4.35. The van der Waals surface area contributed by atoms with E-state index >= 15 is 0 Å². The number of carbonyl (C=O) groups is 2. The Kier molecular flexibility index (Phi) is 5.95. The van der Waals surface area contributed by atoms with E-state index in [1.54, 1.807) is 25.3 Å². The molecule has 0 saturated carbocycles. The number of ether oxygens (including phenoxy) is 2. The number of amides is 1. The lowest BCUT2D eigenvalue weighted by Crippen LogP contribution is -2.31. The average Bonchev–Trinajstić information content (AvgIpc) is 2.61. The van der Waals surface area contributed by atoms with Crippen LogP contribution < -0.4 is 10.1 Å². The zero-order chi connectivity index (χ0) is 17.5. The quantitative estimate of drug-likeness (QED) is 0.828. The minimum atomic E-state index is -0.476. The van der Waals surface area contributed by atoms with E-state index in [1.807, 2.05) is 37.3 Å². The number of carbonyl (C=O) groups excluding carboxylic acids is 2. The lowest BCUT2D eigenvalue weighted by atomic mass is 10.0. The monoisotopic (exact) mass is 327 g/mol. The van der Waals surface area contributed by atoms with Crippen molar-refractivity contribution >= 4 is 11.9 Å². The highest BCUT2D eigenvalue weighted by atomic mass is 16.5. The summed E-state index contributed by atoms with van der Waals surface area (Å²) < 4.78 is 9.88. The first kappa shape index (κ1) is 17.5. The number of aryl methyl sites for hydroxylation is 1. The summed E-state index contributed by atoms with van der Waals surface area (Å²) in [6, 6.07) is 14.1. The van der Waals surface area contributed by atoms with E-state index < -0.39 is 6.04 Å². The molecule has 1 unspecified atom stereocenters. The van der Waals surface area contributed by atoms with Crippen LogP contribution in [-0.4, -0.2) is 26.1 Å². The molecule has 126 valence electrons. The maximum atomic E-state index is 12.6. The third-order valence-electron chi connectivity index (χ3n) is 3.81. The molecule has 0 aliphatic heterocycles. The SMILES string of the molecule is COC(=O)CC(NC(=O)c1ccccc1C)c1ccc(OC)cc1. The van der Waals surface area contributed by atoms with Gasteiger partial charge in [0.05, 0.1) is 26.7 Å². The van der Waals surface area contributed by atoms with Crippen LogP contribution in [0.5, 0.6) is 5.75 Å². The first-order valence-electron chi connectivity index (χ1n) is 7.62. The van der Waals surface area contributed by atoms with Gasteiger partial charge in [0.2, 0.25) is 0 Å². The largest absolute Gasteiger partial charge is 0.497 e. The van der Waals surface area contributed by atoms with Gasteiger partial charge in [-0.25, -0.2) is 0 Å². The summed E-state index contributed by atoms with van der Waals surface area (Å²) in [5, 5.41) is 2.91. The van der Waals surface area contributed by atoms with Crippen LogP contribution in [0.15, 0.2) is 48.5 Å². The van der Waals surface area contributed by atoms with E-state index in [0.29, 0.717) is 11.3 Å². The predicted octanol–water partition coefficient (Wildman–Crippen LogP) is 3.04.